The minimum atomic E-state index is -3.10. The van der Waals surface area contributed by atoms with Gasteiger partial charge in [0.15, 0.2) is 19.7 Å². The monoisotopic (exact) mass is 498 g/mol. The zero-order chi connectivity index (χ0) is 23.9. The molecule has 186 valence electrons. The third-order valence-electron chi connectivity index (χ3n) is 7.53. The van der Waals surface area contributed by atoms with Gasteiger partial charge < -0.3 is 15.5 Å². The Morgan fingerprint density at radius 3 is 2.27 bits per heavy atom. The molecule has 0 aromatic heterocycles. The van der Waals surface area contributed by atoms with Crippen molar-refractivity contribution in [2.75, 3.05) is 78.6 Å². The van der Waals surface area contributed by atoms with E-state index < -0.39 is 19.7 Å². The van der Waals surface area contributed by atoms with Crippen molar-refractivity contribution in [3.8, 4) is 0 Å². The first kappa shape index (κ1) is 24.8. The Hall–Kier alpha value is -1.36. The summed E-state index contributed by atoms with van der Waals surface area (Å²) in [5.41, 5.74) is 7.85. The van der Waals surface area contributed by atoms with E-state index in [4.69, 9.17) is 5.73 Å². The van der Waals surface area contributed by atoms with Crippen LogP contribution in [0.5, 0.6) is 0 Å². The van der Waals surface area contributed by atoms with Crippen molar-refractivity contribution in [3.63, 3.8) is 0 Å². The standard InChI is InChI=1S/C23H38N4O4S2/c1-23(2)15-19-16-25(8-12-32(28,29)11-7-24)18-22(23)27(17-19)21-5-3-20(4-6-21)26-9-13-33(30,31)14-10-26/h3-6,19,22H,7-18,24H2,1-2H3/t19?,22-/m1/s1. The summed E-state index contributed by atoms with van der Waals surface area (Å²) in [5.74, 6) is 1.15. The maximum atomic E-state index is 12.2. The van der Waals surface area contributed by atoms with E-state index >= 15 is 0 Å². The lowest BCUT2D eigenvalue weighted by atomic mass is 9.73. The molecule has 33 heavy (non-hydrogen) atoms. The van der Waals surface area contributed by atoms with Gasteiger partial charge in [-0.05, 0) is 42.0 Å². The molecule has 1 aromatic rings. The summed E-state index contributed by atoms with van der Waals surface area (Å²) in [5, 5.41) is 0. The van der Waals surface area contributed by atoms with Crippen molar-refractivity contribution in [2.24, 2.45) is 17.1 Å². The van der Waals surface area contributed by atoms with E-state index in [9.17, 15) is 16.8 Å². The molecule has 0 radical (unpaired) electrons. The number of benzene rings is 1. The Morgan fingerprint density at radius 2 is 1.64 bits per heavy atom. The fourth-order valence-corrected chi connectivity index (χ4v) is 8.07. The quantitative estimate of drug-likeness (QED) is 0.590. The molecule has 4 aliphatic rings. The van der Waals surface area contributed by atoms with Gasteiger partial charge in [0.1, 0.15) is 0 Å². The molecule has 4 fully saturated rings. The van der Waals surface area contributed by atoms with Gasteiger partial charge in [-0.2, -0.15) is 0 Å². The van der Waals surface area contributed by atoms with Gasteiger partial charge in [-0.3, -0.25) is 4.90 Å². The molecule has 0 saturated carbocycles. The molecule has 10 heteroatoms. The van der Waals surface area contributed by atoms with Crippen LogP contribution in [0.15, 0.2) is 24.3 Å². The van der Waals surface area contributed by atoms with Crippen molar-refractivity contribution in [1.82, 2.24) is 4.90 Å². The largest absolute Gasteiger partial charge is 0.369 e. The minimum Gasteiger partial charge on any atom is -0.369 e. The molecule has 2 N–H and O–H groups in total. The number of nitrogens with zero attached hydrogens (tertiary/aromatic N) is 3. The van der Waals surface area contributed by atoms with Gasteiger partial charge in [-0.1, -0.05) is 13.8 Å². The van der Waals surface area contributed by atoms with Crippen LogP contribution in [-0.4, -0.2) is 96.6 Å². The summed E-state index contributed by atoms with van der Waals surface area (Å²) in [6.45, 7) is 9.25. The lowest BCUT2D eigenvalue weighted by molar-refractivity contribution is 0.191. The Morgan fingerprint density at radius 1 is 1.00 bits per heavy atom. The first-order chi connectivity index (χ1) is 15.5. The average molecular weight is 499 g/mol. The SMILES string of the molecule is CC1(C)CC2CN(CCS(=O)(=O)CCN)C[C@H]1N(c1ccc(N3CCS(=O)(=O)CC3)cc1)C2. The van der Waals surface area contributed by atoms with Crippen LogP contribution in [0, 0.1) is 11.3 Å². The van der Waals surface area contributed by atoms with Crippen LogP contribution in [0.4, 0.5) is 11.4 Å². The number of sulfone groups is 2. The fraction of sp³-hybridized carbons (Fsp3) is 0.739. The van der Waals surface area contributed by atoms with Gasteiger partial charge in [0.25, 0.3) is 0 Å². The number of hydrogen-bond acceptors (Lipinski definition) is 8. The van der Waals surface area contributed by atoms with Crippen LogP contribution < -0.4 is 15.5 Å². The van der Waals surface area contributed by atoms with Gasteiger partial charge in [-0.25, -0.2) is 16.8 Å². The fourth-order valence-electron chi connectivity index (χ4n) is 5.77. The number of anilines is 2. The Balaban J connectivity index is 1.47. The molecular formula is C23H38N4O4S2. The van der Waals surface area contributed by atoms with Crippen molar-refractivity contribution in [3.05, 3.63) is 24.3 Å². The number of hydrogen-bond donors (Lipinski definition) is 1. The number of nitrogens with two attached hydrogens (primary N) is 1. The molecule has 5 rings (SSSR count). The summed E-state index contributed by atoms with van der Waals surface area (Å²) in [4.78, 5) is 6.99. The molecule has 1 aromatic carbocycles. The van der Waals surface area contributed by atoms with E-state index in [-0.39, 0.29) is 35.0 Å². The van der Waals surface area contributed by atoms with Crippen molar-refractivity contribution < 1.29 is 16.8 Å². The van der Waals surface area contributed by atoms with Gasteiger partial charge in [0.05, 0.1) is 23.0 Å². The van der Waals surface area contributed by atoms with Crippen LogP contribution in [0.3, 0.4) is 0 Å². The first-order valence-corrected chi connectivity index (χ1v) is 15.6. The topological polar surface area (TPSA) is 104 Å². The maximum Gasteiger partial charge on any atom is 0.153 e. The van der Waals surface area contributed by atoms with Gasteiger partial charge >= 0.3 is 0 Å². The predicted octanol–water partition coefficient (Wildman–Crippen LogP) is 0.832. The highest BCUT2D eigenvalue weighted by Gasteiger charge is 2.45. The molecule has 1 unspecified atom stereocenters. The van der Waals surface area contributed by atoms with Crippen LogP contribution in [0.25, 0.3) is 0 Å². The van der Waals surface area contributed by atoms with E-state index in [0.29, 0.717) is 31.6 Å². The third kappa shape index (κ3) is 5.83. The van der Waals surface area contributed by atoms with E-state index in [1.54, 1.807) is 0 Å². The highest BCUT2D eigenvalue weighted by Crippen LogP contribution is 2.43. The number of piperidine rings is 1. The molecule has 0 spiro atoms. The highest BCUT2D eigenvalue weighted by atomic mass is 32.2. The molecule has 0 amide bonds. The molecule has 2 bridgehead atoms. The van der Waals surface area contributed by atoms with Crippen LogP contribution >= 0.6 is 0 Å². The first-order valence-electron chi connectivity index (χ1n) is 11.9. The summed E-state index contributed by atoms with van der Waals surface area (Å²) in [7, 11) is -5.99. The summed E-state index contributed by atoms with van der Waals surface area (Å²) < 4.78 is 47.9. The molecule has 4 heterocycles. The molecule has 0 aliphatic carbocycles. The summed E-state index contributed by atoms with van der Waals surface area (Å²) >= 11 is 0. The second-order valence-electron chi connectivity index (χ2n) is 10.6. The van der Waals surface area contributed by atoms with Crippen molar-refractivity contribution in [2.45, 2.75) is 26.3 Å². The number of rotatable bonds is 7. The molecule has 2 atom stereocenters. The van der Waals surface area contributed by atoms with Gasteiger partial charge in [0, 0.05) is 63.2 Å². The minimum absolute atomic E-state index is 0.0562. The van der Waals surface area contributed by atoms with Gasteiger partial charge in [0.2, 0.25) is 0 Å². The van der Waals surface area contributed by atoms with Crippen LogP contribution in [-0.2, 0) is 19.7 Å². The van der Waals surface area contributed by atoms with Crippen LogP contribution in [0.1, 0.15) is 20.3 Å². The van der Waals surface area contributed by atoms with Crippen molar-refractivity contribution >= 4 is 31.0 Å². The third-order valence-corrected chi connectivity index (χ3v) is 10.8. The Bertz CT molecular complexity index is 1030. The normalized spacial score (nSPS) is 27.5. The van der Waals surface area contributed by atoms with E-state index in [1.165, 1.54) is 5.69 Å². The van der Waals surface area contributed by atoms with E-state index in [1.807, 2.05) is 0 Å². The lowest BCUT2D eigenvalue weighted by Gasteiger charge is -2.48. The maximum absolute atomic E-state index is 12.2. The Kier molecular flexibility index (Phi) is 7.02. The zero-order valence-corrected chi connectivity index (χ0v) is 21.5. The summed E-state index contributed by atoms with van der Waals surface area (Å²) in [6.07, 6.45) is 1.14. The second kappa shape index (κ2) is 9.36. The predicted molar refractivity (Wildman–Crippen MR) is 134 cm³/mol. The zero-order valence-electron chi connectivity index (χ0n) is 19.8. The molecule has 8 nitrogen and oxygen atoms in total. The molecule has 4 saturated heterocycles. The summed E-state index contributed by atoms with van der Waals surface area (Å²) in [6, 6.07) is 8.84. The second-order valence-corrected chi connectivity index (χ2v) is 15.2. The average Bonchev–Trinajstić information content (AvgIpc) is 2.99. The molecule has 4 aliphatic heterocycles. The Labute approximate surface area is 198 Å². The van der Waals surface area contributed by atoms with E-state index in [2.05, 4.69) is 52.8 Å². The highest BCUT2D eigenvalue weighted by molar-refractivity contribution is 7.91. The van der Waals surface area contributed by atoms with Gasteiger partial charge in [-0.15, -0.1) is 0 Å². The number of fused-ring (bicyclic) bond motifs is 4. The van der Waals surface area contributed by atoms with E-state index in [0.717, 1.165) is 31.7 Å². The van der Waals surface area contributed by atoms with Crippen LogP contribution in [0.2, 0.25) is 0 Å². The molecular weight excluding hydrogens is 460 g/mol. The lowest BCUT2D eigenvalue weighted by Crippen LogP contribution is -2.54. The van der Waals surface area contributed by atoms with Crippen molar-refractivity contribution in [1.29, 1.82) is 0 Å². The smallest absolute Gasteiger partial charge is 0.153 e.